The molecule has 0 radical (unpaired) electrons. The molecule has 2 rings (SSSR count). The predicted octanol–water partition coefficient (Wildman–Crippen LogP) is 2.36. The maximum atomic E-state index is 11.6. The summed E-state index contributed by atoms with van der Waals surface area (Å²) in [6.07, 6.45) is 1.87. The molecule has 0 aliphatic carbocycles. The summed E-state index contributed by atoms with van der Waals surface area (Å²) in [6.45, 7) is 2.86. The summed E-state index contributed by atoms with van der Waals surface area (Å²) in [5.74, 6) is 0.754. The standard InChI is InChI=1S/C12H12BrNO2/c1-2-14-12(15)9-5-8-6-10(13)3-4-11(8)16-7-9/h3-6H,2,7H2,1H3,(H,14,15). The molecule has 0 fully saturated rings. The summed E-state index contributed by atoms with van der Waals surface area (Å²) in [5, 5.41) is 2.76. The number of amides is 1. The number of hydrogen-bond acceptors (Lipinski definition) is 2. The van der Waals surface area contributed by atoms with Gasteiger partial charge in [0.1, 0.15) is 12.4 Å². The van der Waals surface area contributed by atoms with Crippen LogP contribution in [0.15, 0.2) is 28.2 Å². The molecule has 1 aromatic rings. The lowest BCUT2D eigenvalue weighted by Gasteiger charge is -2.17. The van der Waals surface area contributed by atoms with Crippen molar-refractivity contribution in [1.29, 1.82) is 0 Å². The van der Waals surface area contributed by atoms with E-state index in [9.17, 15) is 4.79 Å². The Morgan fingerprint density at radius 2 is 2.38 bits per heavy atom. The first-order chi connectivity index (χ1) is 7.70. The van der Waals surface area contributed by atoms with Crippen LogP contribution in [0.25, 0.3) is 6.08 Å². The molecule has 0 saturated heterocycles. The summed E-state index contributed by atoms with van der Waals surface area (Å²) in [7, 11) is 0. The molecule has 1 aliphatic heterocycles. The van der Waals surface area contributed by atoms with Crippen LogP contribution in [0.1, 0.15) is 12.5 Å². The van der Waals surface area contributed by atoms with E-state index in [1.165, 1.54) is 0 Å². The van der Waals surface area contributed by atoms with Gasteiger partial charge in [-0.05, 0) is 31.2 Å². The van der Waals surface area contributed by atoms with Crippen molar-refractivity contribution in [2.24, 2.45) is 0 Å². The quantitative estimate of drug-likeness (QED) is 0.904. The van der Waals surface area contributed by atoms with Crippen molar-refractivity contribution in [3.05, 3.63) is 33.8 Å². The SMILES string of the molecule is CCNC(=O)C1=Cc2cc(Br)ccc2OC1. The molecule has 0 bridgehead atoms. The zero-order chi connectivity index (χ0) is 11.5. The molecule has 3 nitrogen and oxygen atoms in total. The molecule has 0 aromatic heterocycles. The molecule has 0 spiro atoms. The van der Waals surface area contributed by atoms with Crippen LogP contribution >= 0.6 is 15.9 Å². The van der Waals surface area contributed by atoms with Crippen LogP contribution in [0.5, 0.6) is 5.75 Å². The van der Waals surface area contributed by atoms with E-state index in [1.54, 1.807) is 0 Å². The van der Waals surface area contributed by atoms with Crippen molar-refractivity contribution in [2.45, 2.75) is 6.92 Å². The molecule has 1 aliphatic rings. The molecule has 4 heteroatoms. The van der Waals surface area contributed by atoms with E-state index >= 15 is 0 Å². The number of ether oxygens (including phenoxy) is 1. The fraction of sp³-hybridized carbons (Fsp3) is 0.250. The average molecular weight is 282 g/mol. The van der Waals surface area contributed by atoms with Crippen LogP contribution in [0.3, 0.4) is 0 Å². The second-order valence-corrected chi connectivity index (χ2v) is 4.42. The van der Waals surface area contributed by atoms with Crippen LogP contribution < -0.4 is 10.1 Å². The Bertz CT molecular complexity index is 454. The lowest BCUT2D eigenvalue weighted by atomic mass is 10.1. The van der Waals surface area contributed by atoms with Gasteiger partial charge in [-0.2, -0.15) is 0 Å². The highest BCUT2D eigenvalue weighted by Gasteiger charge is 2.16. The minimum Gasteiger partial charge on any atom is -0.488 e. The molecule has 1 N–H and O–H groups in total. The van der Waals surface area contributed by atoms with Gasteiger partial charge in [-0.3, -0.25) is 4.79 Å². The number of halogens is 1. The molecular weight excluding hydrogens is 270 g/mol. The largest absolute Gasteiger partial charge is 0.488 e. The minimum absolute atomic E-state index is 0.0619. The van der Waals surface area contributed by atoms with Gasteiger partial charge in [-0.1, -0.05) is 15.9 Å². The van der Waals surface area contributed by atoms with Gasteiger partial charge in [-0.15, -0.1) is 0 Å². The Balaban J connectivity index is 2.30. The summed E-state index contributed by atoms with van der Waals surface area (Å²) in [5.41, 5.74) is 1.59. The van der Waals surface area contributed by atoms with Crippen LogP contribution in [0, 0.1) is 0 Å². The number of hydrogen-bond donors (Lipinski definition) is 1. The third kappa shape index (κ3) is 2.27. The Morgan fingerprint density at radius 3 is 3.12 bits per heavy atom. The van der Waals surface area contributed by atoms with Gasteiger partial charge in [0.2, 0.25) is 0 Å². The van der Waals surface area contributed by atoms with Crippen molar-refractivity contribution >= 4 is 27.9 Å². The van der Waals surface area contributed by atoms with E-state index in [-0.39, 0.29) is 5.91 Å². The van der Waals surface area contributed by atoms with E-state index < -0.39 is 0 Å². The maximum absolute atomic E-state index is 11.6. The van der Waals surface area contributed by atoms with Crippen LogP contribution in [-0.4, -0.2) is 19.1 Å². The van der Waals surface area contributed by atoms with E-state index in [0.717, 1.165) is 15.8 Å². The number of carbonyl (C=O) groups is 1. The highest BCUT2D eigenvalue weighted by atomic mass is 79.9. The Hall–Kier alpha value is -1.29. The smallest absolute Gasteiger partial charge is 0.250 e. The average Bonchev–Trinajstić information content (AvgIpc) is 2.28. The monoisotopic (exact) mass is 281 g/mol. The van der Waals surface area contributed by atoms with Gasteiger partial charge in [-0.25, -0.2) is 0 Å². The van der Waals surface area contributed by atoms with Crippen molar-refractivity contribution in [2.75, 3.05) is 13.2 Å². The Morgan fingerprint density at radius 1 is 1.56 bits per heavy atom. The van der Waals surface area contributed by atoms with Gasteiger partial charge < -0.3 is 10.1 Å². The van der Waals surface area contributed by atoms with Gasteiger partial charge >= 0.3 is 0 Å². The molecule has 84 valence electrons. The minimum atomic E-state index is -0.0619. The number of nitrogens with one attached hydrogen (secondary N) is 1. The summed E-state index contributed by atoms with van der Waals surface area (Å²) >= 11 is 3.39. The summed E-state index contributed by atoms with van der Waals surface area (Å²) in [4.78, 5) is 11.6. The number of carbonyl (C=O) groups excluding carboxylic acids is 1. The van der Waals surface area contributed by atoms with E-state index in [4.69, 9.17) is 4.74 Å². The first kappa shape index (κ1) is 11.2. The maximum Gasteiger partial charge on any atom is 0.250 e. The highest BCUT2D eigenvalue weighted by Crippen LogP contribution is 2.28. The molecule has 0 unspecified atom stereocenters. The van der Waals surface area contributed by atoms with Gasteiger partial charge in [0, 0.05) is 16.6 Å². The molecule has 1 amide bonds. The normalized spacial score (nSPS) is 13.5. The zero-order valence-electron chi connectivity index (χ0n) is 8.92. The first-order valence-corrected chi connectivity index (χ1v) is 5.91. The molecule has 1 aromatic carbocycles. The van der Waals surface area contributed by atoms with E-state index in [0.29, 0.717) is 18.7 Å². The Labute approximate surface area is 103 Å². The van der Waals surface area contributed by atoms with Crippen molar-refractivity contribution < 1.29 is 9.53 Å². The van der Waals surface area contributed by atoms with Crippen molar-refractivity contribution in [1.82, 2.24) is 5.32 Å². The second kappa shape index (κ2) is 4.70. The summed E-state index contributed by atoms with van der Waals surface area (Å²) < 4.78 is 6.48. The molecule has 16 heavy (non-hydrogen) atoms. The Kier molecular flexibility index (Phi) is 3.29. The molecular formula is C12H12BrNO2. The lowest BCUT2D eigenvalue weighted by Crippen LogP contribution is -2.28. The van der Waals surface area contributed by atoms with Gasteiger partial charge in [0.15, 0.2) is 0 Å². The first-order valence-electron chi connectivity index (χ1n) is 5.12. The number of fused-ring (bicyclic) bond motifs is 1. The topological polar surface area (TPSA) is 38.3 Å². The molecule has 1 heterocycles. The second-order valence-electron chi connectivity index (χ2n) is 3.50. The fourth-order valence-electron chi connectivity index (χ4n) is 1.55. The third-order valence-electron chi connectivity index (χ3n) is 2.31. The van der Waals surface area contributed by atoms with E-state index in [1.807, 2.05) is 31.2 Å². The van der Waals surface area contributed by atoms with Gasteiger partial charge in [0.25, 0.3) is 5.91 Å². The third-order valence-corrected chi connectivity index (χ3v) is 2.81. The van der Waals surface area contributed by atoms with Crippen LogP contribution in [0.2, 0.25) is 0 Å². The molecule has 0 atom stereocenters. The lowest BCUT2D eigenvalue weighted by molar-refractivity contribution is -0.117. The van der Waals surface area contributed by atoms with Crippen LogP contribution in [-0.2, 0) is 4.79 Å². The van der Waals surface area contributed by atoms with Crippen molar-refractivity contribution in [3.63, 3.8) is 0 Å². The predicted molar refractivity (Wildman–Crippen MR) is 66.3 cm³/mol. The number of likely N-dealkylation sites (N-methyl/N-ethyl adjacent to an activating group) is 1. The number of rotatable bonds is 2. The van der Waals surface area contributed by atoms with Crippen LogP contribution in [0.4, 0.5) is 0 Å². The van der Waals surface area contributed by atoms with Crippen molar-refractivity contribution in [3.8, 4) is 5.75 Å². The summed E-state index contributed by atoms with van der Waals surface area (Å²) in [6, 6.07) is 5.75. The van der Waals surface area contributed by atoms with E-state index in [2.05, 4.69) is 21.2 Å². The number of benzene rings is 1. The molecule has 0 saturated carbocycles. The fourth-order valence-corrected chi connectivity index (χ4v) is 1.93. The highest BCUT2D eigenvalue weighted by molar-refractivity contribution is 9.10. The van der Waals surface area contributed by atoms with Gasteiger partial charge in [0.05, 0.1) is 5.57 Å². The zero-order valence-corrected chi connectivity index (χ0v) is 10.5.